The van der Waals surface area contributed by atoms with E-state index in [0.29, 0.717) is 11.4 Å². The minimum atomic E-state index is -3.28. The van der Waals surface area contributed by atoms with Crippen LogP contribution in [0.5, 0.6) is 5.75 Å². The fourth-order valence-electron chi connectivity index (χ4n) is 1.54. The van der Waals surface area contributed by atoms with E-state index in [1.54, 1.807) is 45.3 Å². The van der Waals surface area contributed by atoms with E-state index < -0.39 is 16.1 Å². The normalized spacial score (nSPS) is 12.7. The molecule has 0 unspecified atom stereocenters. The van der Waals surface area contributed by atoms with Crippen molar-refractivity contribution in [1.82, 2.24) is 4.90 Å². The lowest BCUT2D eigenvalue weighted by Gasteiger charge is -2.19. The number of hydrogen-bond donors (Lipinski definition) is 0. The predicted molar refractivity (Wildman–Crippen MR) is 78.5 cm³/mol. The molecule has 0 fully saturated rings. The number of rotatable bonds is 5. The van der Waals surface area contributed by atoms with Crippen molar-refractivity contribution in [2.24, 2.45) is 0 Å². The lowest BCUT2D eigenvalue weighted by atomic mass is 10.3. The molecule has 7 heteroatoms. The third-order valence-electron chi connectivity index (χ3n) is 2.80. The van der Waals surface area contributed by atoms with Crippen LogP contribution >= 0.6 is 0 Å². The number of hydrogen-bond acceptors (Lipinski definition) is 4. The standard InChI is InChI=1S/C13H20N2O4S/c1-10(13(16)14(2)3)19-12-8-6-11(7-9-12)15(4)20(5,17)18/h6-10H,1-5H3/t10-/m1/s1. The fraction of sp³-hybridized carbons (Fsp3) is 0.462. The average molecular weight is 300 g/mol. The molecule has 0 N–H and O–H groups in total. The molecule has 1 aromatic carbocycles. The summed E-state index contributed by atoms with van der Waals surface area (Å²) in [6.07, 6.45) is 0.540. The summed E-state index contributed by atoms with van der Waals surface area (Å²) in [5.41, 5.74) is 0.534. The molecule has 0 heterocycles. The number of nitrogens with zero attached hydrogens (tertiary/aromatic N) is 2. The maximum atomic E-state index is 11.7. The van der Waals surface area contributed by atoms with Crippen LogP contribution in [0, 0.1) is 0 Å². The highest BCUT2D eigenvalue weighted by atomic mass is 32.2. The van der Waals surface area contributed by atoms with Crippen molar-refractivity contribution in [3.8, 4) is 5.75 Å². The summed E-state index contributed by atoms with van der Waals surface area (Å²) in [5.74, 6) is 0.376. The van der Waals surface area contributed by atoms with Gasteiger partial charge in [0.2, 0.25) is 10.0 Å². The maximum Gasteiger partial charge on any atom is 0.262 e. The molecule has 0 aliphatic rings. The number of sulfonamides is 1. The molecule has 6 nitrogen and oxygen atoms in total. The fourth-order valence-corrected chi connectivity index (χ4v) is 2.05. The highest BCUT2D eigenvalue weighted by Crippen LogP contribution is 2.21. The number of anilines is 1. The van der Waals surface area contributed by atoms with Gasteiger partial charge in [-0.1, -0.05) is 0 Å². The van der Waals surface area contributed by atoms with Gasteiger partial charge in [0.15, 0.2) is 6.10 Å². The molecule has 0 radical (unpaired) electrons. The smallest absolute Gasteiger partial charge is 0.262 e. The Balaban J connectivity index is 2.80. The van der Waals surface area contributed by atoms with E-state index in [0.717, 1.165) is 6.26 Å². The minimum Gasteiger partial charge on any atom is -0.481 e. The number of carbonyl (C=O) groups is 1. The van der Waals surface area contributed by atoms with Crippen LogP contribution in [0.1, 0.15) is 6.92 Å². The van der Waals surface area contributed by atoms with Gasteiger partial charge in [0, 0.05) is 21.1 Å². The quantitative estimate of drug-likeness (QED) is 0.811. The van der Waals surface area contributed by atoms with Crippen LogP contribution in [0.15, 0.2) is 24.3 Å². The SMILES string of the molecule is C[C@@H](Oc1ccc(N(C)S(C)(=O)=O)cc1)C(=O)N(C)C. The first-order chi connectivity index (χ1) is 9.12. The Hall–Kier alpha value is -1.76. The molecular weight excluding hydrogens is 280 g/mol. The summed E-state index contributed by atoms with van der Waals surface area (Å²) in [4.78, 5) is 13.1. The molecule has 0 aromatic heterocycles. The van der Waals surface area contributed by atoms with Gasteiger partial charge >= 0.3 is 0 Å². The van der Waals surface area contributed by atoms with Crippen molar-refractivity contribution in [3.63, 3.8) is 0 Å². The van der Waals surface area contributed by atoms with Gasteiger partial charge in [0.25, 0.3) is 5.91 Å². The van der Waals surface area contributed by atoms with Gasteiger partial charge in [0.05, 0.1) is 11.9 Å². The number of amides is 1. The maximum absolute atomic E-state index is 11.7. The first-order valence-electron chi connectivity index (χ1n) is 6.04. The summed E-state index contributed by atoms with van der Waals surface area (Å²) in [7, 11) is 1.51. The van der Waals surface area contributed by atoms with Crippen LogP contribution in [0.3, 0.4) is 0 Å². The third kappa shape index (κ3) is 4.12. The molecule has 1 atom stereocenters. The molecule has 0 aliphatic heterocycles. The van der Waals surface area contributed by atoms with Crippen molar-refractivity contribution in [1.29, 1.82) is 0 Å². The van der Waals surface area contributed by atoms with Crippen LogP contribution in [0.2, 0.25) is 0 Å². The van der Waals surface area contributed by atoms with Crippen molar-refractivity contribution in [3.05, 3.63) is 24.3 Å². The van der Waals surface area contributed by atoms with Crippen molar-refractivity contribution in [2.45, 2.75) is 13.0 Å². The Bertz CT molecular complexity index is 567. The first-order valence-corrected chi connectivity index (χ1v) is 7.89. The van der Waals surface area contributed by atoms with Gasteiger partial charge in [-0.3, -0.25) is 9.10 Å². The zero-order valence-corrected chi connectivity index (χ0v) is 13.1. The second-order valence-electron chi connectivity index (χ2n) is 4.72. The van der Waals surface area contributed by atoms with Crippen molar-refractivity contribution in [2.75, 3.05) is 31.7 Å². The van der Waals surface area contributed by atoms with Crippen molar-refractivity contribution < 1.29 is 17.9 Å². The highest BCUT2D eigenvalue weighted by Gasteiger charge is 2.17. The number of carbonyl (C=O) groups excluding carboxylic acids is 1. The van der Waals surface area contributed by atoms with E-state index in [2.05, 4.69) is 0 Å². The lowest BCUT2D eigenvalue weighted by Crippen LogP contribution is -2.35. The van der Waals surface area contributed by atoms with E-state index in [-0.39, 0.29) is 5.91 Å². The van der Waals surface area contributed by atoms with E-state index >= 15 is 0 Å². The number of benzene rings is 1. The van der Waals surface area contributed by atoms with Gasteiger partial charge in [-0.25, -0.2) is 8.42 Å². The number of likely N-dealkylation sites (N-methyl/N-ethyl adjacent to an activating group) is 1. The molecular formula is C13H20N2O4S. The largest absolute Gasteiger partial charge is 0.481 e. The van der Waals surface area contributed by atoms with Gasteiger partial charge < -0.3 is 9.64 Å². The Morgan fingerprint density at radius 1 is 1.15 bits per heavy atom. The predicted octanol–water partition coefficient (Wildman–Crippen LogP) is 0.938. The first kappa shape index (κ1) is 16.3. The van der Waals surface area contributed by atoms with Crippen LogP contribution < -0.4 is 9.04 Å². The molecule has 112 valence electrons. The molecule has 0 saturated carbocycles. The number of ether oxygens (including phenoxy) is 1. The monoisotopic (exact) mass is 300 g/mol. The summed E-state index contributed by atoms with van der Waals surface area (Å²) in [6, 6.07) is 6.53. The summed E-state index contributed by atoms with van der Waals surface area (Å²) in [6.45, 7) is 1.67. The minimum absolute atomic E-state index is 0.137. The van der Waals surface area contributed by atoms with Crippen LogP contribution in [0.4, 0.5) is 5.69 Å². The topological polar surface area (TPSA) is 66.9 Å². The molecule has 0 saturated heterocycles. The third-order valence-corrected chi connectivity index (χ3v) is 4.00. The molecule has 1 rings (SSSR count). The molecule has 20 heavy (non-hydrogen) atoms. The molecule has 0 bridgehead atoms. The average Bonchev–Trinajstić information content (AvgIpc) is 2.36. The van der Waals surface area contributed by atoms with E-state index in [9.17, 15) is 13.2 Å². The van der Waals surface area contributed by atoms with Crippen LogP contribution in [-0.4, -0.2) is 52.7 Å². The molecule has 1 aromatic rings. The zero-order chi connectivity index (χ0) is 15.5. The summed E-state index contributed by atoms with van der Waals surface area (Å²) in [5, 5.41) is 0. The molecule has 1 amide bonds. The van der Waals surface area contributed by atoms with E-state index in [1.807, 2.05) is 0 Å². The van der Waals surface area contributed by atoms with Gasteiger partial charge in [-0.15, -0.1) is 0 Å². The van der Waals surface area contributed by atoms with Gasteiger partial charge in [-0.05, 0) is 31.2 Å². The van der Waals surface area contributed by atoms with Gasteiger partial charge in [0.1, 0.15) is 5.75 Å². The summed E-state index contributed by atoms with van der Waals surface area (Å²) >= 11 is 0. The molecule has 0 aliphatic carbocycles. The highest BCUT2D eigenvalue weighted by molar-refractivity contribution is 7.92. The van der Waals surface area contributed by atoms with Crippen molar-refractivity contribution >= 4 is 21.6 Å². The van der Waals surface area contributed by atoms with E-state index in [4.69, 9.17) is 4.74 Å². The van der Waals surface area contributed by atoms with E-state index in [1.165, 1.54) is 16.3 Å². The second kappa shape index (κ2) is 6.13. The second-order valence-corrected chi connectivity index (χ2v) is 6.73. The Labute approximate surface area is 120 Å². The van der Waals surface area contributed by atoms with Gasteiger partial charge in [-0.2, -0.15) is 0 Å². The van der Waals surface area contributed by atoms with Crippen LogP contribution in [-0.2, 0) is 14.8 Å². The Morgan fingerprint density at radius 2 is 1.65 bits per heavy atom. The Kier molecular flexibility index (Phi) is 4.99. The molecule has 0 spiro atoms. The lowest BCUT2D eigenvalue weighted by molar-refractivity contribution is -0.135. The zero-order valence-electron chi connectivity index (χ0n) is 12.3. The van der Waals surface area contributed by atoms with Crippen LogP contribution in [0.25, 0.3) is 0 Å². The summed E-state index contributed by atoms with van der Waals surface area (Å²) < 4.78 is 29.5. The Morgan fingerprint density at radius 3 is 2.05 bits per heavy atom.